The van der Waals surface area contributed by atoms with Crippen LogP contribution >= 0.6 is 0 Å². The average molecular weight is 230 g/mol. The highest BCUT2D eigenvalue weighted by Gasteiger charge is 2.18. The van der Waals surface area contributed by atoms with Crippen LogP contribution in [0.15, 0.2) is 12.1 Å². The molecule has 2 unspecified atom stereocenters. The van der Waals surface area contributed by atoms with Crippen LogP contribution in [0, 0.1) is 25.6 Å². The molecule has 0 aromatic heterocycles. The number of halogens is 3. The zero-order valence-corrected chi connectivity index (χ0v) is 9.86. The van der Waals surface area contributed by atoms with E-state index in [1.807, 2.05) is 0 Å². The van der Waals surface area contributed by atoms with Crippen molar-refractivity contribution >= 4 is 0 Å². The van der Waals surface area contributed by atoms with E-state index in [0.29, 0.717) is 17.5 Å². The van der Waals surface area contributed by atoms with Crippen LogP contribution in [0.4, 0.5) is 13.2 Å². The van der Waals surface area contributed by atoms with E-state index in [-0.39, 0.29) is 5.82 Å². The Labute approximate surface area is 94.5 Å². The summed E-state index contributed by atoms with van der Waals surface area (Å²) in [6.07, 6.45) is -1.10. The first-order chi connectivity index (χ1) is 7.47. The lowest BCUT2D eigenvalue weighted by Crippen LogP contribution is -2.17. The Kier molecular flexibility index (Phi) is 4.39. The van der Waals surface area contributed by atoms with Crippen molar-refractivity contribution in [1.29, 1.82) is 0 Å². The van der Waals surface area contributed by atoms with Crippen LogP contribution in [-0.2, 0) is 6.42 Å². The molecule has 1 aromatic carbocycles. The van der Waals surface area contributed by atoms with Crippen LogP contribution in [0.1, 0.15) is 23.6 Å². The Morgan fingerprint density at radius 1 is 1.25 bits per heavy atom. The van der Waals surface area contributed by atoms with E-state index in [9.17, 15) is 13.2 Å². The second-order valence-electron chi connectivity index (χ2n) is 4.33. The van der Waals surface area contributed by atoms with Crippen LogP contribution in [0.25, 0.3) is 0 Å². The minimum Gasteiger partial charge on any atom is -0.248 e. The molecule has 1 rings (SSSR count). The molecule has 0 N–H and O–H groups in total. The number of rotatable bonds is 4. The van der Waals surface area contributed by atoms with E-state index in [4.69, 9.17) is 0 Å². The van der Waals surface area contributed by atoms with E-state index in [2.05, 4.69) is 0 Å². The highest BCUT2D eigenvalue weighted by Crippen LogP contribution is 2.21. The Bertz CT molecular complexity index is 360. The van der Waals surface area contributed by atoms with E-state index < -0.39 is 18.8 Å². The van der Waals surface area contributed by atoms with Crippen molar-refractivity contribution in [3.63, 3.8) is 0 Å². The van der Waals surface area contributed by atoms with Crippen LogP contribution in [0.5, 0.6) is 0 Å². The Morgan fingerprint density at radius 3 is 2.44 bits per heavy atom. The largest absolute Gasteiger partial charge is 0.248 e. The van der Waals surface area contributed by atoms with Gasteiger partial charge in [0.05, 0.1) is 0 Å². The summed E-state index contributed by atoms with van der Waals surface area (Å²) in [5.41, 5.74) is 1.88. The summed E-state index contributed by atoms with van der Waals surface area (Å²) >= 11 is 0. The predicted molar refractivity (Wildman–Crippen MR) is 59.6 cm³/mol. The summed E-state index contributed by atoms with van der Waals surface area (Å²) < 4.78 is 38.7. The molecule has 0 aliphatic carbocycles. The van der Waals surface area contributed by atoms with E-state index in [1.54, 1.807) is 32.9 Å². The van der Waals surface area contributed by atoms with Crippen molar-refractivity contribution in [1.82, 2.24) is 0 Å². The van der Waals surface area contributed by atoms with Gasteiger partial charge in [-0.1, -0.05) is 19.1 Å². The van der Waals surface area contributed by atoms with E-state index in [1.165, 1.54) is 0 Å². The topological polar surface area (TPSA) is 0 Å². The fourth-order valence-corrected chi connectivity index (χ4v) is 1.71. The van der Waals surface area contributed by atoms with Crippen molar-refractivity contribution in [2.75, 3.05) is 6.67 Å². The molecule has 0 saturated heterocycles. The first kappa shape index (κ1) is 13.1. The zero-order valence-electron chi connectivity index (χ0n) is 9.86. The molecule has 0 amide bonds. The van der Waals surface area contributed by atoms with Gasteiger partial charge in [-0.3, -0.25) is 0 Å². The number of alkyl halides is 2. The maximum Gasteiger partial charge on any atom is 0.131 e. The summed E-state index contributed by atoms with van der Waals surface area (Å²) in [6, 6.07) is 3.46. The summed E-state index contributed by atoms with van der Waals surface area (Å²) in [5, 5.41) is 0. The normalized spacial score (nSPS) is 14.9. The van der Waals surface area contributed by atoms with Gasteiger partial charge in [-0.25, -0.2) is 13.2 Å². The monoisotopic (exact) mass is 230 g/mol. The number of hydrogen-bond acceptors (Lipinski definition) is 0. The lowest BCUT2D eigenvalue weighted by atomic mass is 9.93. The lowest BCUT2D eigenvalue weighted by molar-refractivity contribution is 0.191. The number of aryl methyl sites for hydroxylation is 1. The second-order valence-corrected chi connectivity index (χ2v) is 4.33. The highest BCUT2D eigenvalue weighted by atomic mass is 19.2. The maximum absolute atomic E-state index is 13.6. The highest BCUT2D eigenvalue weighted by molar-refractivity contribution is 5.32. The van der Waals surface area contributed by atoms with Gasteiger partial charge in [0.1, 0.15) is 18.7 Å². The van der Waals surface area contributed by atoms with E-state index >= 15 is 0 Å². The van der Waals surface area contributed by atoms with Crippen LogP contribution in [-0.4, -0.2) is 12.8 Å². The third-order valence-electron chi connectivity index (χ3n) is 3.00. The van der Waals surface area contributed by atoms with Crippen LogP contribution in [0.3, 0.4) is 0 Å². The molecule has 0 radical (unpaired) electrons. The zero-order chi connectivity index (χ0) is 12.3. The van der Waals surface area contributed by atoms with Gasteiger partial charge in [0.25, 0.3) is 0 Å². The third-order valence-corrected chi connectivity index (χ3v) is 3.00. The van der Waals surface area contributed by atoms with Gasteiger partial charge in [-0.15, -0.1) is 0 Å². The smallest absolute Gasteiger partial charge is 0.131 e. The molecule has 0 fully saturated rings. The first-order valence-corrected chi connectivity index (χ1v) is 5.42. The molecule has 0 aliphatic rings. The molecule has 16 heavy (non-hydrogen) atoms. The molecule has 3 heteroatoms. The van der Waals surface area contributed by atoms with Crippen molar-refractivity contribution in [3.05, 3.63) is 34.6 Å². The molecular formula is C13H17F3. The molecule has 0 nitrogen and oxygen atoms in total. The Morgan fingerprint density at radius 2 is 1.88 bits per heavy atom. The Hall–Kier alpha value is -0.990. The summed E-state index contributed by atoms with van der Waals surface area (Å²) in [5.74, 6) is -0.675. The van der Waals surface area contributed by atoms with Gasteiger partial charge < -0.3 is 0 Å². The molecule has 1 aromatic rings. The van der Waals surface area contributed by atoms with Gasteiger partial charge in [0.2, 0.25) is 0 Å². The van der Waals surface area contributed by atoms with Gasteiger partial charge in [0.15, 0.2) is 0 Å². The third kappa shape index (κ3) is 2.77. The number of benzene rings is 1. The van der Waals surface area contributed by atoms with Crippen LogP contribution < -0.4 is 0 Å². The lowest BCUT2D eigenvalue weighted by Gasteiger charge is -2.16. The SMILES string of the molecule is Cc1ccc(CC(C)C(F)CF)c(C)c1F. The summed E-state index contributed by atoms with van der Waals surface area (Å²) in [7, 11) is 0. The second kappa shape index (κ2) is 5.37. The van der Waals surface area contributed by atoms with Gasteiger partial charge >= 0.3 is 0 Å². The van der Waals surface area contributed by atoms with Crippen molar-refractivity contribution < 1.29 is 13.2 Å². The molecule has 0 spiro atoms. The molecule has 0 saturated carbocycles. The predicted octanol–water partition coefficient (Wildman–Crippen LogP) is 3.93. The van der Waals surface area contributed by atoms with Crippen molar-refractivity contribution in [2.24, 2.45) is 5.92 Å². The molecule has 90 valence electrons. The van der Waals surface area contributed by atoms with Gasteiger partial charge in [-0.2, -0.15) is 0 Å². The summed E-state index contributed by atoms with van der Waals surface area (Å²) in [6.45, 7) is 4.03. The molecular weight excluding hydrogens is 213 g/mol. The number of hydrogen-bond donors (Lipinski definition) is 0. The van der Waals surface area contributed by atoms with Crippen molar-refractivity contribution in [3.8, 4) is 0 Å². The van der Waals surface area contributed by atoms with E-state index in [0.717, 1.165) is 5.56 Å². The van der Waals surface area contributed by atoms with Gasteiger partial charge in [-0.05, 0) is 42.9 Å². The fourth-order valence-electron chi connectivity index (χ4n) is 1.71. The quantitative estimate of drug-likeness (QED) is 0.735. The van der Waals surface area contributed by atoms with Gasteiger partial charge in [0, 0.05) is 0 Å². The molecule has 2 atom stereocenters. The van der Waals surface area contributed by atoms with Crippen LogP contribution in [0.2, 0.25) is 0 Å². The molecule has 0 heterocycles. The van der Waals surface area contributed by atoms with Crippen molar-refractivity contribution in [2.45, 2.75) is 33.4 Å². The minimum atomic E-state index is -1.47. The minimum absolute atomic E-state index is 0.250. The Balaban J connectivity index is 2.86. The fraction of sp³-hybridized carbons (Fsp3) is 0.538. The maximum atomic E-state index is 13.6. The molecule has 0 bridgehead atoms. The molecule has 0 aliphatic heterocycles. The first-order valence-electron chi connectivity index (χ1n) is 5.42. The standard InChI is InChI=1S/C13H17F3/c1-8-4-5-11(10(3)13(8)16)6-9(2)12(15)7-14/h4-5,9,12H,6-7H2,1-3H3. The summed E-state index contributed by atoms with van der Waals surface area (Å²) in [4.78, 5) is 0. The average Bonchev–Trinajstić information content (AvgIpc) is 2.28.